The van der Waals surface area contributed by atoms with Crippen molar-refractivity contribution >= 4 is 11.9 Å². The second-order valence-electron chi connectivity index (χ2n) is 4.07. The zero-order valence-corrected chi connectivity index (χ0v) is 9.78. The van der Waals surface area contributed by atoms with E-state index in [4.69, 9.17) is 0 Å². The van der Waals surface area contributed by atoms with Gasteiger partial charge in [-0.15, -0.1) is 0 Å². The average molecular weight is 236 g/mol. The summed E-state index contributed by atoms with van der Waals surface area (Å²) < 4.78 is 1.97. The Labute approximate surface area is 105 Å². The zero-order valence-electron chi connectivity index (χ0n) is 9.78. The predicted octanol–water partition coefficient (Wildman–Crippen LogP) is 2.74. The van der Waals surface area contributed by atoms with Crippen molar-refractivity contribution < 1.29 is 4.79 Å². The first-order valence-corrected chi connectivity index (χ1v) is 5.85. The molecule has 3 heteroatoms. The number of rotatable bonds is 3. The van der Waals surface area contributed by atoms with Crippen LogP contribution >= 0.6 is 0 Å². The molecular formula is C15H12N2O. The van der Waals surface area contributed by atoms with Crippen LogP contribution < -0.4 is 0 Å². The standard InChI is InChI=1S/C15H12N2O/c18-11-9-13-15(12-6-2-1-3-7-12)16-14-8-4-5-10-17(13)14/h1-8,10-11H,9H2. The molecule has 0 bridgehead atoms. The molecule has 0 spiro atoms. The van der Waals surface area contributed by atoms with Gasteiger partial charge in [-0.2, -0.15) is 0 Å². The van der Waals surface area contributed by atoms with Gasteiger partial charge in [-0.05, 0) is 12.1 Å². The fraction of sp³-hybridized carbons (Fsp3) is 0.0667. The molecule has 0 saturated heterocycles. The number of imidazole rings is 1. The van der Waals surface area contributed by atoms with E-state index in [-0.39, 0.29) is 0 Å². The van der Waals surface area contributed by atoms with Gasteiger partial charge in [0.1, 0.15) is 11.9 Å². The van der Waals surface area contributed by atoms with E-state index in [0.717, 1.165) is 28.9 Å². The smallest absolute Gasteiger partial charge is 0.137 e. The highest BCUT2D eigenvalue weighted by Crippen LogP contribution is 2.24. The van der Waals surface area contributed by atoms with Gasteiger partial charge in [0, 0.05) is 18.2 Å². The van der Waals surface area contributed by atoms with E-state index in [0.29, 0.717) is 6.42 Å². The number of hydrogen-bond acceptors (Lipinski definition) is 2. The lowest BCUT2D eigenvalue weighted by Gasteiger charge is -2.01. The van der Waals surface area contributed by atoms with E-state index in [9.17, 15) is 4.79 Å². The number of fused-ring (bicyclic) bond motifs is 1. The number of carbonyl (C=O) groups excluding carboxylic acids is 1. The van der Waals surface area contributed by atoms with Crippen LogP contribution in [0.5, 0.6) is 0 Å². The minimum atomic E-state index is 0.370. The summed E-state index contributed by atoms with van der Waals surface area (Å²) in [5.74, 6) is 0. The summed E-state index contributed by atoms with van der Waals surface area (Å²) in [5.41, 5.74) is 3.73. The number of hydrogen-bond donors (Lipinski definition) is 0. The van der Waals surface area contributed by atoms with Gasteiger partial charge in [0.15, 0.2) is 0 Å². The van der Waals surface area contributed by atoms with E-state index in [1.165, 1.54) is 0 Å². The molecule has 2 aromatic heterocycles. The van der Waals surface area contributed by atoms with Crippen LogP contribution in [0.3, 0.4) is 0 Å². The van der Waals surface area contributed by atoms with Crippen molar-refractivity contribution in [3.8, 4) is 11.3 Å². The Morgan fingerprint density at radius 1 is 1.06 bits per heavy atom. The maximum Gasteiger partial charge on any atom is 0.137 e. The lowest BCUT2D eigenvalue weighted by Crippen LogP contribution is -1.95. The first-order valence-electron chi connectivity index (χ1n) is 5.85. The van der Waals surface area contributed by atoms with E-state index >= 15 is 0 Å². The molecule has 18 heavy (non-hydrogen) atoms. The summed E-state index contributed by atoms with van der Waals surface area (Å²) >= 11 is 0. The Bertz CT molecular complexity index is 686. The molecule has 0 amide bonds. The molecule has 2 heterocycles. The van der Waals surface area contributed by atoms with Gasteiger partial charge in [-0.3, -0.25) is 0 Å². The quantitative estimate of drug-likeness (QED) is 0.655. The molecule has 3 nitrogen and oxygen atoms in total. The van der Waals surface area contributed by atoms with Crippen molar-refractivity contribution in [1.82, 2.24) is 9.38 Å². The van der Waals surface area contributed by atoms with Crippen LogP contribution in [-0.4, -0.2) is 15.7 Å². The molecule has 0 unspecified atom stereocenters. The maximum atomic E-state index is 10.9. The van der Waals surface area contributed by atoms with Crippen molar-refractivity contribution in [2.24, 2.45) is 0 Å². The predicted molar refractivity (Wildman–Crippen MR) is 70.4 cm³/mol. The lowest BCUT2D eigenvalue weighted by molar-refractivity contribution is -0.107. The third kappa shape index (κ3) is 1.70. The number of pyridine rings is 1. The first-order chi connectivity index (χ1) is 8.90. The molecule has 0 fully saturated rings. The van der Waals surface area contributed by atoms with Crippen molar-refractivity contribution in [3.63, 3.8) is 0 Å². The molecule has 3 rings (SSSR count). The summed E-state index contributed by atoms with van der Waals surface area (Å²) in [6, 6.07) is 15.8. The number of benzene rings is 1. The van der Waals surface area contributed by atoms with Gasteiger partial charge in [0.25, 0.3) is 0 Å². The zero-order chi connectivity index (χ0) is 12.4. The Morgan fingerprint density at radius 3 is 2.61 bits per heavy atom. The molecule has 0 aliphatic rings. The molecule has 3 aromatic rings. The van der Waals surface area contributed by atoms with Crippen LogP contribution in [0, 0.1) is 0 Å². The summed E-state index contributed by atoms with van der Waals surface area (Å²) in [5, 5.41) is 0. The Balaban J connectivity index is 2.28. The Morgan fingerprint density at radius 2 is 1.83 bits per heavy atom. The fourth-order valence-corrected chi connectivity index (χ4v) is 2.15. The molecule has 0 aliphatic carbocycles. The summed E-state index contributed by atoms with van der Waals surface area (Å²) in [6.45, 7) is 0. The van der Waals surface area contributed by atoms with E-state index in [2.05, 4.69) is 4.98 Å². The third-order valence-electron chi connectivity index (χ3n) is 2.95. The highest BCUT2D eigenvalue weighted by molar-refractivity contribution is 5.70. The minimum Gasteiger partial charge on any atom is -0.303 e. The molecule has 88 valence electrons. The van der Waals surface area contributed by atoms with Crippen molar-refractivity contribution in [3.05, 3.63) is 60.4 Å². The van der Waals surface area contributed by atoms with Crippen LogP contribution in [0.4, 0.5) is 0 Å². The number of aromatic nitrogens is 2. The topological polar surface area (TPSA) is 34.4 Å². The Hall–Kier alpha value is -2.42. The molecular weight excluding hydrogens is 224 g/mol. The van der Waals surface area contributed by atoms with Crippen LogP contribution in [0.25, 0.3) is 16.9 Å². The van der Waals surface area contributed by atoms with E-state index in [1.54, 1.807) is 0 Å². The number of carbonyl (C=O) groups is 1. The van der Waals surface area contributed by atoms with Gasteiger partial charge in [0.05, 0.1) is 11.4 Å². The third-order valence-corrected chi connectivity index (χ3v) is 2.95. The van der Waals surface area contributed by atoms with Crippen LogP contribution in [0.15, 0.2) is 54.7 Å². The largest absolute Gasteiger partial charge is 0.303 e. The van der Waals surface area contributed by atoms with Gasteiger partial charge in [-0.1, -0.05) is 36.4 Å². The Kier molecular flexibility index (Phi) is 2.65. The van der Waals surface area contributed by atoms with Crippen molar-refractivity contribution in [2.45, 2.75) is 6.42 Å². The van der Waals surface area contributed by atoms with Crippen LogP contribution in [0.1, 0.15) is 5.69 Å². The van der Waals surface area contributed by atoms with Crippen LogP contribution in [0.2, 0.25) is 0 Å². The molecule has 0 atom stereocenters. The van der Waals surface area contributed by atoms with E-state index in [1.807, 2.05) is 59.1 Å². The van der Waals surface area contributed by atoms with Gasteiger partial charge in [0.2, 0.25) is 0 Å². The normalized spacial score (nSPS) is 10.7. The maximum absolute atomic E-state index is 10.9. The molecule has 0 saturated carbocycles. The number of nitrogens with zero attached hydrogens (tertiary/aromatic N) is 2. The first kappa shape index (κ1) is 10.7. The monoisotopic (exact) mass is 236 g/mol. The highest BCUT2D eigenvalue weighted by atomic mass is 16.1. The minimum absolute atomic E-state index is 0.370. The molecule has 1 aromatic carbocycles. The summed E-state index contributed by atoms with van der Waals surface area (Å²) in [6.07, 6.45) is 3.23. The highest BCUT2D eigenvalue weighted by Gasteiger charge is 2.12. The molecule has 0 aliphatic heterocycles. The molecule has 0 N–H and O–H groups in total. The SMILES string of the molecule is O=CCc1c(-c2ccccc2)nc2ccccn12. The second-order valence-corrected chi connectivity index (χ2v) is 4.07. The number of aldehydes is 1. The molecule has 0 radical (unpaired) electrons. The lowest BCUT2D eigenvalue weighted by atomic mass is 10.1. The summed E-state index contributed by atoms with van der Waals surface area (Å²) in [7, 11) is 0. The van der Waals surface area contributed by atoms with Crippen molar-refractivity contribution in [1.29, 1.82) is 0 Å². The van der Waals surface area contributed by atoms with Crippen molar-refractivity contribution in [2.75, 3.05) is 0 Å². The fourth-order valence-electron chi connectivity index (χ4n) is 2.15. The second kappa shape index (κ2) is 4.45. The summed E-state index contributed by atoms with van der Waals surface area (Å²) in [4.78, 5) is 15.5. The van der Waals surface area contributed by atoms with Gasteiger partial charge in [-0.25, -0.2) is 4.98 Å². The van der Waals surface area contributed by atoms with Gasteiger partial charge < -0.3 is 9.20 Å². The van der Waals surface area contributed by atoms with E-state index < -0.39 is 0 Å². The van der Waals surface area contributed by atoms with Gasteiger partial charge >= 0.3 is 0 Å². The average Bonchev–Trinajstić information content (AvgIpc) is 2.80. The van der Waals surface area contributed by atoms with Crippen LogP contribution in [-0.2, 0) is 11.2 Å².